The van der Waals surface area contributed by atoms with Crippen LogP contribution in [0.2, 0.25) is 0 Å². The van der Waals surface area contributed by atoms with Gasteiger partial charge in [0.15, 0.2) is 0 Å². The summed E-state index contributed by atoms with van der Waals surface area (Å²) in [6, 6.07) is 0.517. The quantitative estimate of drug-likeness (QED) is 0.783. The minimum absolute atomic E-state index is 0.213. The SMILES string of the molecule is O=C1CN(CCC2COCCO2)CCN1C1CCCCC1. The van der Waals surface area contributed by atoms with E-state index in [9.17, 15) is 4.79 Å². The number of hydrogen-bond donors (Lipinski definition) is 0. The molecule has 0 aromatic heterocycles. The summed E-state index contributed by atoms with van der Waals surface area (Å²) in [5, 5.41) is 0. The van der Waals surface area contributed by atoms with Gasteiger partial charge in [-0.3, -0.25) is 9.69 Å². The molecule has 0 aromatic carbocycles. The van der Waals surface area contributed by atoms with E-state index < -0.39 is 0 Å². The van der Waals surface area contributed by atoms with Gasteiger partial charge in [0, 0.05) is 25.7 Å². The second-order valence-corrected chi connectivity index (χ2v) is 6.51. The van der Waals surface area contributed by atoms with Crippen molar-refractivity contribution < 1.29 is 14.3 Å². The molecule has 2 saturated heterocycles. The van der Waals surface area contributed by atoms with Gasteiger partial charge < -0.3 is 14.4 Å². The van der Waals surface area contributed by atoms with E-state index in [1.807, 2.05) is 0 Å². The zero-order valence-electron chi connectivity index (χ0n) is 13.0. The Hall–Kier alpha value is -0.650. The Morgan fingerprint density at radius 1 is 1.10 bits per heavy atom. The third kappa shape index (κ3) is 4.18. The lowest BCUT2D eigenvalue weighted by atomic mass is 9.93. The number of nitrogens with zero attached hydrogens (tertiary/aromatic N) is 2. The van der Waals surface area contributed by atoms with Gasteiger partial charge in [-0.2, -0.15) is 0 Å². The lowest BCUT2D eigenvalue weighted by Gasteiger charge is -2.40. The third-order valence-corrected chi connectivity index (χ3v) is 5.00. The van der Waals surface area contributed by atoms with Crippen molar-refractivity contribution in [2.24, 2.45) is 0 Å². The van der Waals surface area contributed by atoms with Gasteiger partial charge in [0.25, 0.3) is 0 Å². The summed E-state index contributed by atoms with van der Waals surface area (Å²) >= 11 is 0. The van der Waals surface area contributed by atoms with E-state index in [1.54, 1.807) is 0 Å². The first-order valence-corrected chi connectivity index (χ1v) is 8.54. The highest BCUT2D eigenvalue weighted by molar-refractivity contribution is 5.79. The summed E-state index contributed by atoms with van der Waals surface area (Å²) in [7, 11) is 0. The fourth-order valence-electron chi connectivity index (χ4n) is 3.73. The first-order chi connectivity index (χ1) is 10.3. The lowest BCUT2D eigenvalue weighted by molar-refractivity contribution is -0.140. The molecule has 1 amide bonds. The molecule has 0 radical (unpaired) electrons. The van der Waals surface area contributed by atoms with Crippen LogP contribution in [0.4, 0.5) is 0 Å². The smallest absolute Gasteiger partial charge is 0.237 e. The van der Waals surface area contributed by atoms with Crippen LogP contribution in [0.15, 0.2) is 0 Å². The average Bonchev–Trinajstić information content (AvgIpc) is 2.55. The van der Waals surface area contributed by atoms with Crippen LogP contribution >= 0.6 is 0 Å². The molecule has 5 nitrogen and oxygen atoms in total. The largest absolute Gasteiger partial charge is 0.376 e. The number of carbonyl (C=O) groups is 1. The standard InChI is InChI=1S/C16H28N2O3/c19-16-12-17(7-6-15-13-20-10-11-21-15)8-9-18(16)14-4-2-1-3-5-14/h14-15H,1-13H2. The van der Waals surface area contributed by atoms with Crippen molar-refractivity contribution in [3.8, 4) is 0 Å². The Morgan fingerprint density at radius 3 is 2.67 bits per heavy atom. The van der Waals surface area contributed by atoms with Crippen LogP contribution < -0.4 is 0 Å². The second kappa shape index (κ2) is 7.56. The van der Waals surface area contributed by atoms with Crippen molar-refractivity contribution in [3.63, 3.8) is 0 Å². The average molecular weight is 296 g/mol. The predicted octanol–water partition coefficient (Wildman–Crippen LogP) is 1.27. The highest BCUT2D eigenvalue weighted by Crippen LogP contribution is 2.24. The van der Waals surface area contributed by atoms with E-state index in [1.165, 1.54) is 32.1 Å². The number of piperazine rings is 1. The van der Waals surface area contributed by atoms with Gasteiger partial charge in [0.1, 0.15) is 0 Å². The van der Waals surface area contributed by atoms with Crippen LogP contribution in [0.25, 0.3) is 0 Å². The summed E-state index contributed by atoms with van der Waals surface area (Å²) in [4.78, 5) is 16.8. The van der Waals surface area contributed by atoms with Crippen LogP contribution in [-0.2, 0) is 14.3 Å². The van der Waals surface area contributed by atoms with Crippen molar-refractivity contribution in [1.82, 2.24) is 9.80 Å². The maximum Gasteiger partial charge on any atom is 0.237 e. The molecule has 1 unspecified atom stereocenters. The van der Waals surface area contributed by atoms with Gasteiger partial charge in [-0.05, 0) is 19.3 Å². The molecule has 1 aliphatic carbocycles. The van der Waals surface area contributed by atoms with Crippen molar-refractivity contribution in [1.29, 1.82) is 0 Å². The first kappa shape index (κ1) is 15.3. The molecule has 0 N–H and O–H groups in total. The molecule has 0 bridgehead atoms. The van der Waals surface area contributed by atoms with Gasteiger partial charge in [-0.1, -0.05) is 19.3 Å². The number of hydrogen-bond acceptors (Lipinski definition) is 4. The molecule has 120 valence electrons. The van der Waals surface area contributed by atoms with Crippen LogP contribution in [-0.4, -0.2) is 73.9 Å². The summed E-state index contributed by atoms with van der Waals surface area (Å²) in [6.45, 7) is 5.58. The number of ether oxygens (including phenoxy) is 2. The summed E-state index contributed by atoms with van der Waals surface area (Å²) < 4.78 is 11.1. The van der Waals surface area contributed by atoms with Crippen LogP contribution in [0.1, 0.15) is 38.5 Å². The highest BCUT2D eigenvalue weighted by atomic mass is 16.6. The lowest BCUT2D eigenvalue weighted by Crippen LogP contribution is -2.54. The molecule has 3 fully saturated rings. The third-order valence-electron chi connectivity index (χ3n) is 5.00. The summed E-state index contributed by atoms with van der Waals surface area (Å²) in [5.41, 5.74) is 0. The van der Waals surface area contributed by atoms with E-state index in [-0.39, 0.29) is 6.10 Å². The molecular formula is C16H28N2O3. The van der Waals surface area contributed by atoms with Crippen LogP contribution in [0.3, 0.4) is 0 Å². The maximum atomic E-state index is 12.4. The first-order valence-electron chi connectivity index (χ1n) is 8.54. The predicted molar refractivity (Wildman–Crippen MR) is 80.2 cm³/mol. The highest BCUT2D eigenvalue weighted by Gasteiger charge is 2.30. The molecule has 0 spiro atoms. The number of rotatable bonds is 4. The van der Waals surface area contributed by atoms with Gasteiger partial charge in [0.05, 0.1) is 32.5 Å². The fourth-order valence-corrected chi connectivity index (χ4v) is 3.73. The van der Waals surface area contributed by atoms with Crippen molar-refractivity contribution in [2.45, 2.75) is 50.7 Å². The van der Waals surface area contributed by atoms with Crippen molar-refractivity contribution in [2.75, 3.05) is 46.0 Å². The number of amides is 1. The monoisotopic (exact) mass is 296 g/mol. The van der Waals surface area contributed by atoms with Crippen LogP contribution in [0, 0.1) is 0 Å². The Labute approximate surface area is 127 Å². The van der Waals surface area contributed by atoms with Gasteiger partial charge in [-0.25, -0.2) is 0 Å². The molecule has 2 aliphatic heterocycles. The molecular weight excluding hydrogens is 268 g/mol. The molecule has 5 heteroatoms. The Kier molecular flexibility index (Phi) is 5.49. The fraction of sp³-hybridized carbons (Fsp3) is 0.938. The topological polar surface area (TPSA) is 42.0 Å². The van der Waals surface area contributed by atoms with Crippen molar-refractivity contribution in [3.05, 3.63) is 0 Å². The molecule has 21 heavy (non-hydrogen) atoms. The van der Waals surface area contributed by atoms with Crippen LogP contribution in [0.5, 0.6) is 0 Å². The van der Waals surface area contributed by atoms with E-state index >= 15 is 0 Å². The molecule has 1 atom stereocenters. The second-order valence-electron chi connectivity index (χ2n) is 6.51. The number of carbonyl (C=O) groups excluding carboxylic acids is 1. The van der Waals surface area contributed by atoms with E-state index in [0.29, 0.717) is 31.7 Å². The molecule has 0 aromatic rings. The normalized spacial score (nSPS) is 29.8. The Bertz CT molecular complexity index is 338. The van der Waals surface area contributed by atoms with Gasteiger partial charge >= 0.3 is 0 Å². The minimum Gasteiger partial charge on any atom is -0.376 e. The minimum atomic E-state index is 0.213. The zero-order chi connectivity index (χ0) is 14.5. The van der Waals surface area contributed by atoms with Gasteiger partial charge in [0.2, 0.25) is 5.91 Å². The summed E-state index contributed by atoms with van der Waals surface area (Å²) in [6.07, 6.45) is 7.52. The van der Waals surface area contributed by atoms with E-state index in [0.717, 1.165) is 32.7 Å². The molecule has 2 heterocycles. The van der Waals surface area contributed by atoms with Gasteiger partial charge in [-0.15, -0.1) is 0 Å². The Balaban J connectivity index is 1.41. The molecule has 3 aliphatic rings. The maximum absolute atomic E-state index is 12.4. The van der Waals surface area contributed by atoms with E-state index in [2.05, 4.69) is 9.80 Å². The summed E-state index contributed by atoms with van der Waals surface area (Å²) in [5.74, 6) is 0.328. The molecule has 3 rings (SSSR count). The molecule has 1 saturated carbocycles. The zero-order valence-corrected chi connectivity index (χ0v) is 13.0. The Morgan fingerprint density at radius 2 is 1.95 bits per heavy atom. The van der Waals surface area contributed by atoms with E-state index in [4.69, 9.17) is 9.47 Å². The van der Waals surface area contributed by atoms with Crippen molar-refractivity contribution >= 4 is 5.91 Å².